The number of hydrogen-bond donors (Lipinski definition) is 1. The molecule has 1 aliphatic rings. The zero-order valence-electron chi connectivity index (χ0n) is 16.5. The minimum atomic E-state index is -4.65. The average Bonchev–Trinajstić information content (AvgIpc) is 3.05. The fraction of sp³-hybridized carbons (Fsp3) is 0.350. The van der Waals surface area contributed by atoms with E-state index < -0.39 is 12.0 Å². The standard InChI is InChI=1S/C20H19ClF3N5S/c1-10(2)8-15-16-12(13-9-11(21)4-5-14(13)25-16)6-7-29(15)18-26-17(20(22,23)24)27-19(28-18)30-3/h4-5,8-9,15,25H,6-7H2,1-3H3/t15-/m0/s1. The third-order valence-corrected chi connectivity index (χ3v) is 5.71. The number of benzene rings is 1. The highest BCUT2D eigenvalue weighted by Gasteiger charge is 2.38. The van der Waals surface area contributed by atoms with Crippen molar-refractivity contribution in [1.29, 1.82) is 0 Å². The van der Waals surface area contributed by atoms with Gasteiger partial charge in [-0.15, -0.1) is 0 Å². The summed E-state index contributed by atoms with van der Waals surface area (Å²) in [6.45, 7) is 4.37. The third kappa shape index (κ3) is 3.88. The van der Waals surface area contributed by atoms with Gasteiger partial charge in [0, 0.05) is 28.2 Å². The molecule has 0 radical (unpaired) electrons. The van der Waals surface area contributed by atoms with E-state index in [1.807, 2.05) is 38.1 Å². The number of allylic oxidation sites excluding steroid dienone is 1. The number of nitrogens with one attached hydrogen (secondary N) is 1. The van der Waals surface area contributed by atoms with Crippen molar-refractivity contribution in [1.82, 2.24) is 19.9 Å². The molecule has 0 amide bonds. The molecule has 0 saturated heterocycles. The molecule has 0 aliphatic carbocycles. The van der Waals surface area contributed by atoms with Crippen LogP contribution in [0, 0.1) is 0 Å². The molecule has 0 spiro atoms. The van der Waals surface area contributed by atoms with Crippen molar-refractivity contribution in [3.63, 3.8) is 0 Å². The molecule has 30 heavy (non-hydrogen) atoms. The first kappa shape index (κ1) is 21.0. The maximum absolute atomic E-state index is 13.4. The van der Waals surface area contributed by atoms with Gasteiger partial charge in [0.1, 0.15) is 0 Å². The van der Waals surface area contributed by atoms with Gasteiger partial charge in [0.05, 0.1) is 6.04 Å². The van der Waals surface area contributed by atoms with E-state index in [4.69, 9.17) is 11.6 Å². The minimum absolute atomic E-state index is 0.0199. The lowest BCUT2D eigenvalue weighted by Crippen LogP contribution is -2.36. The van der Waals surface area contributed by atoms with Crippen LogP contribution in [0.1, 0.15) is 37.0 Å². The summed E-state index contributed by atoms with van der Waals surface area (Å²) in [6, 6.07) is 5.31. The number of rotatable bonds is 3. The molecule has 5 nitrogen and oxygen atoms in total. The summed E-state index contributed by atoms with van der Waals surface area (Å²) < 4.78 is 40.1. The van der Waals surface area contributed by atoms with Crippen molar-refractivity contribution in [3.05, 3.63) is 52.0 Å². The van der Waals surface area contributed by atoms with Crippen LogP contribution in [0.5, 0.6) is 0 Å². The number of alkyl halides is 3. The summed E-state index contributed by atoms with van der Waals surface area (Å²) in [5.41, 5.74) is 4.00. The van der Waals surface area contributed by atoms with Crippen LogP contribution in [0.3, 0.4) is 0 Å². The molecule has 0 saturated carbocycles. The van der Waals surface area contributed by atoms with Gasteiger partial charge in [-0.25, -0.2) is 0 Å². The fourth-order valence-electron chi connectivity index (χ4n) is 3.70. The predicted molar refractivity (Wildman–Crippen MR) is 113 cm³/mol. The van der Waals surface area contributed by atoms with Crippen LogP contribution in [-0.4, -0.2) is 32.7 Å². The molecular weight excluding hydrogens is 435 g/mol. The zero-order valence-corrected chi connectivity index (χ0v) is 18.1. The van der Waals surface area contributed by atoms with Gasteiger partial charge in [-0.1, -0.05) is 35.0 Å². The van der Waals surface area contributed by atoms with Gasteiger partial charge in [-0.3, -0.25) is 0 Å². The highest BCUT2D eigenvalue weighted by atomic mass is 35.5. The number of aromatic nitrogens is 4. The van der Waals surface area contributed by atoms with Crippen LogP contribution in [0.4, 0.5) is 19.1 Å². The zero-order chi connectivity index (χ0) is 21.6. The summed E-state index contributed by atoms with van der Waals surface area (Å²) in [5.74, 6) is -1.16. The Hall–Kier alpha value is -2.26. The molecule has 1 N–H and O–H groups in total. The largest absolute Gasteiger partial charge is 0.451 e. The quantitative estimate of drug-likeness (QED) is 0.400. The van der Waals surface area contributed by atoms with E-state index >= 15 is 0 Å². The van der Waals surface area contributed by atoms with Crippen LogP contribution in [0.15, 0.2) is 35.0 Å². The number of nitrogens with zero attached hydrogens (tertiary/aromatic N) is 4. The lowest BCUT2D eigenvalue weighted by molar-refractivity contribution is -0.145. The van der Waals surface area contributed by atoms with Crippen LogP contribution in [0.25, 0.3) is 10.9 Å². The van der Waals surface area contributed by atoms with E-state index in [1.54, 1.807) is 11.2 Å². The minimum Gasteiger partial charge on any atom is -0.356 e. The van der Waals surface area contributed by atoms with Crippen LogP contribution in [-0.2, 0) is 12.6 Å². The molecule has 1 aromatic carbocycles. The Morgan fingerprint density at radius 3 is 2.70 bits per heavy atom. The summed E-state index contributed by atoms with van der Waals surface area (Å²) >= 11 is 7.24. The monoisotopic (exact) mass is 453 g/mol. The molecule has 2 aromatic heterocycles. The van der Waals surface area contributed by atoms with Crippen molar-refractivity contribution in [2.75, 3.05) is 17.7 Å². The summed E-state index contributed by atoms with van der Waals surface area (Å²) in [5, 5.41) is 1.71. The number of halogens is 4. The second kappa shape index (κ2) is 7.77. The van der Waals surface area contributed by atoms with Crippen molar-refractivity contribution in [3.8, 4) is 0 Å². The molecule has 158 valence electrons. The molecule has 0 fully saturated rings. The number of thioether (sulfide) groups is 1. The van der Waals surface area contributed by atoms with Gasteiger partial charge in [0.15, 0.2) is 5.16 Å². The smallest absolute Gasteiger partial charge is 0.356 e. The van der Waals surface area contributed by atoms with Crippen molar-refractivity contribution < 1.29 is 13.2 Å². The lowest BCUT2D eigenvalue weighted by atomic mass is 9.96. The van der Waals surface area contributed by atoms with E-state index in [2.05, 4.69) is 19.9 Å². The summed E-state index contributed by atoms with van der Waals surface area (Å²) in [6.07, 6.45) is -0.370. The highest BCUT2D eigenvalue weighted by Crippen LogP contribution is 2.39. The van der Waals surface area contributed by atoms with Gasteiger partial charge in [-0.05, 0) is 50.3 Å². The molecule has 0 unspecified atom stereocenters. The topological polar surface area (TPSA) is 57.7 Å². The van der Waals surface area contributed by atoms with Crippen LogP contribution in [0.2, 0.25) is 5.02 Å². The summed E-state index contributed by atoms with van der Waals surface area (Å²) in [7, 11) is 0. The average molecular weight is 454 g/mol. The summed E-state index contributed by atoms with van der Waals surface area (Å²) in [4.78, 5) is 16.8. The maximum Gasteiger partial charge on any atom is 0.451 e. The second-order valence-corrected chi connectivity index (χ2v) is 8.49. The lowest BCUT2D eigenvalue weighted by Gasteiger charge is -2.34. The Balaban J connectivity index is 1.87. The molecule has 1 atom stereocenters. The van der Waals surface area contributed by atoms with Gasteiger partial charge in [0.25, 0.3) is 0 Å². The third-order valence-electron chi connectivity index (χ3n) is 4.92. The fourth-order valence-corrected chi connectivity index (χ4v) is 4.22. The molecule has 3 aromatic rings. The first-order valence-electron chi connectivity index (χ1n) is 9.26. The molecular formula is C20H19ClF3N5S. The van der Waals surface area contributed by atoms with Gasteiger partial charge >= 0.3 is 6.18 Å². The first-order valence-corrected chi connectivity index (χ1v) is 10.9. The van der Waals surface area contributed by atoms with Gasteiger partial charge in [-0.2, -0.15) is 28.1 Å². The number of hydrogen-bond acceptors (Lipinski definition) is 5. The molecule has 0 bridgehead atoms. The van der Waals surface area contributed by atoms with Gasteiger partial charge < -0.3 is 9.88 Å². The normalized spacial score (nSPS) is 16.6. The maximum atomic E-state index is 13.4. The van der Waals surface area contributed by atoms with E-state index in [1.165, 1.54) is 0 Å². The first-order chi connectivity index (χ1) is 14.2. The molecule has 4 rings (SSSR count). The van der Waals surface area contributed by atoms with Gasteiger partial charge in [0.2, 0.25) is 11.8 Å². The van der Waals surface area contributed by atoms with Crippen molar-refractivity contribution in [2.24, 2.45) is 0 Å². The highest BCUT2D eigenvalue weighted by molar-refractivity contribution is 7.98. The second-order valence-electron chi connectivity index (χ2n) is 7.28. The Bertz CT molecular complexity index is 1140. The number of anilines is 1. The van der Waals surface area contributed by atoms with E-state index in [-0.39, 0.29) is 17.1 Å². The van der Waals surface area contributed by atoms with Crippen molar-refractivity contribution in [2.45, 2.75) is 37.6 Å². The Morgan fingerprint density at radius 2 is 2.03 bits per heavy atom. The Labute approximate surface area is 180 Å². The number of aromatic amines is 1. The Kier molecular flexibility index (Phi) is 5.44. The van der Waals surface area contributed by atoms with Crippen LogP contribution >= 0.6 is 23.4 Å². The van der Waals surface area contributed by atoms with Crippen LogP contribution < -0.4 is 4.90 Å². The van der Waals surface area contributed by atoms with E-state index in [0.29, 0.717) is 18.0 Å². The molecule has 1 aliphatic heterocycles. The van der Waals surface area contributed by atoms with E-state index in [0.717, 1.165) is 39.5 Å². The predicted octanol–water partition coefficient (Wildman–Crippen LogP) is 5.82. The number of fused-ring (bicyclic) bond motifs is 3. The van der Waals surface area contributed by atoms with Crippen molar-refractivity contribution >= 4 is 40.2 Å². The SMILES string of the molecule is CSc1nc(N2CCc3c([nH]c4ccc(Cl)cc34)[C@@H]2C=C(C)C)nc(C(F)(F)F)n1. The Morgan fingerprint density at radius 1 is 1.27 bits per heavy atom. The van der Waals surface area contributed by atoms with E-state index in [9.17, 15) is 13.2 Å². The molecule has 3 heterocycles. The number of H-pyrrole nitrogens is 1. The molecule has 10 heteroatoms.